The van der Waals surface area contributed by atoms with Gasteiger partial charge in [-0.2, -0.15) is 0 Å². The molecule has 7 heteroatoms. The molecular weight excluding hydrogens is 334 g/mol. The molecule has 0 aliphatic carbocycles. The predicted molar refractivity (Wildman–Crippen MR) is 97.6 cm³/mol. The highest BCUT2D eigenvalue weighted by Crippen LogP contribution is 2.40. The van der Waals surface area contributed by atoms with E-state index in [1.165, 1.54) is 4.57 Å². The van der Waals surface area contributed by atoms with Crippen LogP contribution in [0.15, 0.2) is 46.3 Å². The van der Waals surface area contributed by atoms with Crippen LogP contribution in [0.5, 0.6) is 11.5 Å². The SMILES string of the molecule is COc1cc(C)cc(OC)c1-c1n/c(=N/O)c(=O)n(C)c2ccccc12. The number of rotatable bonds is 3. The molecule has 0 spiro atoms. The summed E-state index contributed by atoms with van der Waals surface area (Å²) >= 11 is 0. The van der Waals surface area contributed by atoms with Crippen molar-refractivity contribution >= 4 is 10.9 Å². The largest absolute Gasteiger partial charge is 0.496 e. The molecule has 7 nitrogen and oxygen atoms in total. The summed E-state index contributed by atoms with van der Waals surface area (Å²) in [4.78, 5) is 16.9. The molecule has 26 heavy (non-hydrogen) atoms. The Labute approximate surface area is 149 Å². The van der Waals surface area contributed by atoms with Crippen LogP contribution in [0.1, 0.15) is 5.56 Å². The Hall–Kier alpha value is -3.35. The summed E-state index contributed by atoms with van der Waals surface area (Å²) in [6.07, 6.45) is 0. The van der Waals surface area contributed by atoms with Gasteiger partial charge in [-0.25, -0.2) is 4.98 Å². The molecular formula is C19H19N3O4. The summed E-state index contributed by atoms with van der Waals surface area (Å²) in [7, 11) is 4.72. The monoisotopic (exact) mass is 353 g/mol. The highest BCUT2D eigenvalue weighted by Gasteiger charge is 2.19. The Morgan fingerprint density at radius 3 is 2.31 bits per heavy atom. The summed E-state index contributed by atoms with van der Waals surface area (Å²) in [5.41, 5.74) is 1.77. The molecule has 0 fully saturated rings. The second-order valence-electron chi connectivity index (χ2n) is 5.81. The van der Waals surface area contributed by atoms with E-state index in [1.54, 1.807) is 27.3 Å². The minimum atomic E-state index is -0.514. The maximum atomic E-state index is 12.5. The van der Waals surface area contributed by atoms with Gasteiger partial charge in [0.1, 0.15) is 11.5 Å². The van der Waals surface area contributed by atoms with Gasteiger partial charge in [-0.05, 0) is 30.7 Å². The summed E-state index contributed by atoms with van der Waals surface area (Å²) < 4.78 is 12.5. The number of para-hydroxylation sites is 1. The number of ether oxygens (including phenoxy) is 2. The molecule has 1 N–H and O–H groups in total. The number of methoxy groups -OCH3 is 2. The number of hydrogen-bond acceptors (Lipinski definition) is 6. The van der Waals surface area contributed by atoms with E-state index in [-0.39, 0.29) is 5.49 Å². The first kappa shape index (κ1) is 17.5. The maximum absolute atomic E-state index is 12.5. The third-order valence-electron chi connectivity index (χ3n) is 4.22. The van der Waals surface area contributed by atoms with Crippen LogP contribution < -0.4 is 20.5 Å². The number of nitrogens with zero attached hydrogens (tertiary/aromatic N) is 3. The smallest absolute Gasteiger partial charge is 0.299 e. The molecule has 3 rings (SSSR count). The maximum Gasteiger partial charge on any atom is 0.299 e. The first-order chi connectivity index (χ1) is 12.5. The van der Waals surface area contributed by atoms with Crippen LogP contribution in [-0.4, -0.2) is 29.0 Å². The van der Waals surface area contributed by atoms with Gasteiger partial charge in [0.2, 0.25) is 0 Å². The average molecular weight is 353 g/mol. The Morgan fingerprint density at radius 1 is 1.12 bits per heavy atom. The van der Waals surface area contributed by atoms with Gasteiger partial charge in [-0.15, -0.1) is 0 Å². The lowest BCUT2D eigenvalue weighted by molar-refractivity contribution is 0.297. The van der Waals surface area contributed by atoms with Crippen molar-refractivity contribution in [1.82, 2.24) is 9.55 Å². The fourth-order valence-electron chi connectivity index (χ4n) is 2.97. The van der Waals surface area contributed by atoms with Crippen molar-refractivity contribution in [3.05, 3.63) is 57.8 Å². The van der Waals surface area contributed by atoms with E-state index in [2.05, 4.69) is 10.1 Å². The van der Waals surface area contributed by atoms with Crippen LogP contribution >= 0.6 is 0 Å². The molecule has 0 atom stereocenters. The molecule has 1 heterocycles. The molecule has 0 bridgehead atoms. The molecule has 1 aromatic heterocycles. The zero-order chi connectivity index (χ0) is 18.8. The molecule has 2 aromatic carbocycles. The highest BCUT2D eigenvalue weighted by molar-refractivity contribution is 5.95. The fourth-order valence-corrected chi connectivity index (χ4v) is 2.97. The van der Waals surface area contributed by atoms with Gasteiger partial charge in [-0.1, -0.05) is 23.4 Å². The highest BCUT2D eigenvalue weighted by atomic mass is 16.5. The number of aryl methyl sites for hydroxylation is 2. The van der Waals surface area contributed by atoms with E-state index in [4.69, 9.17) is 9.47 Å². The Bertz CT molecular complexity index is 1090. The molecule has 0 saturated carbocycles. The Balaban J connectivity index is 2.63. The van der Waals surface area contributed by atoms with Crippen LogP contribution in [0, 0.1) is 6.92 Å². The summed E-state index contributed by atoms with van der Waals surface area (Å²) in [6, 6.07) is 11.0. The van der Waals surface area contributed by atoms with Crippen LogP contribution in [0.2, 0.25) is 0 Å². The summed E-state index contributed by atoms with van der Waals surface area (Å²) in [6.45, 7) is 1.93. The molecule has 0 radical (unpaired) electrons. The van der Waals surface area contributed by atoms with Gasteiger partial charge >= 0.3 is 0 Å². The van der Waals surface area contributed by atoms with Crippen molar-refractivity contribution in [3.8, 4) is 22.8 Å². The molecule has 0 amide bonds. The van der Waals surface area contributed by atoms with Gasteiger partial charge in [0.25, 0.3) is 11.0 Å². The summed E-state index contributed by atoms with van der Waals surface area (Å²) in [5, 5.41) is 13.1. The predicted octanol–water partition coefficient (Wildman–Crippen LogP) is 2.22. The standard InChI is InChI=1S/C19H19N3O4/c1-11-9-14(25-3)16(15(10-11)26-4)17-12-7-5-6-8-13(12)22(2)19(23)18(20-17)21-24/h5-10,24H,1-4H3/b21-18+. The number of hydrogen-bond donors (Lipinski definition) is 1. The van der Waals surface area contributed by atoms with Gasteiger partial charge in [-0.3, -0.25) is 4.79 Å². The van der Waals surface area contributed by atoms with Crippen molar-refractivity contribution < 1.29 is 14.7 Å². The third kappa shape index (κ3) is 2.77. The molecule has 134 valence electrons. The second-order valence-corrected chi connectivity index (χ2v) is 5.81. The molecule has 0 aliphatic rings. The molecule has 0 unspecified atom stereocenters. The van der Waals surface area contributed by atoms with Crippen molar-refractivity contribution in [2.24, 2.45) is 12.2 Å². The quantitative estimate of drug-likeness (QED) is 0.576. The zero-order valence-electron chi connectivity index (χ0n) is 15.0. The second kappa shape index (κ2) is 6.87. The van der Waals surface area contributed by atoms with Gasteiger partial charge in [0.05, 0.1) is 31.0 Å². The van der Waals surface area contributed by atoms with Crippen molar-refractivity contribution in [2.45, 2.75) is 6.92 Å². The van der Waals surface area contributed by atoms with Crippen LogP contribution in [0.3, 0.4) is 0 Å². The average Bonchev–Trinajstić information content (AvgIpc) is 2.77. The van der Waals surface area contributed by atoms with Crippen LogP contribution in [0.4, 0.5) is 0 Å². The third-order valence-corrected chi connectivity index (χ3v) is 4.22. The molecule has 0 saturated heterocycles. The van der Waals surface area contributed by atoms with Crippen molar-refractivity contribution in [1.29, 1.82) is 0 Å². The minimum absolute atomic E-state index is 0.316. The lowest BCUT2D eigenvalue weighted by Crippen LogP contribution is -2.32. The first-order valence-electron chi connectivity index (χ1n) is 7.93. The van der Waals surface area contributed by atoms with E-state index >= 15 is 0 Å². The fraction of sp³-hybridized carbons (Fsp3) is 0.211. The topological polar surface area (TPSA) is 85.9 Å². The van der Waals surface area contributed by atoms with Gasteiger partial charge in [0, 0.05) is 12.4 Å². The lowest BCUT2D eigenvalue weighted by atomic mass is 10.0. The Morgan fingerprint density at radius 2 is 1.73 bits per heavy atom. The number of benzene rings is 2. The molecule has 0 aliphatic heterocycles. The van der Waals surface area contributed by atoms with E-state index in [0.717, 1.165) is 5.56 Å². The molecule has 3 aromatic rings. The van der Waals surface area contributed by atoms with E-state index in [1.807, 2.05) is 37.3 Å². The van der Waals surface area contributed by atoms with Gasteiger partial charge < -0.3 is 19.2 Å². The minimum Gasteiger partial charge on any atom is -0.496 e. The van der Waals surface area contributed by atoms with E-state index < -0.39 is 5.56 Å². The number of fused-ring (bicyclic) bond motifs is 1. The zero-order valence-corrected chi connectivity index (χ0v) is 15.0. The Kier molecular flexibility index (Phi) is 4.62. The lowest BCUT2D eigenvalue weighted by Gasteiger charge is -2.14. The van der Waals surface area contributed by atoms with Crippen LogP contribution in [-0.2, 0) is 7.05 Å². The first-order valence-corrected chi connectivity index (χ1v) is 7.93. The van der Waals surface area contributed by atoms with E-state index in [9.17, 15) is 10.0 Å². The van der Waals surface area contributed by atoms with Gasteiger partial charge in [0.15, 0.2) is 0 Å². The normalized spacial score (nSPS) is 11.6. The van der Waals surface area contributed by atoms with Crippen molar-refractivity contribution in [2.75, 3.05) is 14.2 Å². The van der Waals surface area contributed by atoms with Crippen LogP contribution in [0.25, 0.3) is 22.2 Å². The van der Waals surface area contributed by atoms with Crippen molar-refractivity contribution in [3.63, 3.8) is 0 Å². The van der Waals surface area contributed by atoms with E-state index in [0.29, 0.717) is 33.7 Å². The summed E-state index contributed by atoms with van der Waals surface area (Å²) in [5.74, 6) is 1.09. The number of aromatic nitrogens is 2.